The molecule has 21 heavy (non-hydrogen) atoms. The molecule has 0 fully saturated rings. The van der Waals surface area contributed by atoms with Crippen LogP contribution in [-0.2, 0) is 5.75 Å². The Morgan fingerprint density at radius 2 is 1.81 bits per heavy atom. The lowest BCUT2D eigenvalue weighted by atomic mass is 10.2. The van der Waals surface area contributed by atoms with E-state index in [1.165, 1.54) is 18.9 Å². The third-order valence-corrected chi connectivity index (χ3v) is 4.04. The lowest BCUT2D eigenvalue weighted by Gasteiger charge is -2.07. The van der Waals surface area contributed by atoms with Crippen molar-refractivity contribution in [2.24, 2.45) is 0 Å². The predicted octanol–water partition coefficient (Wildman–Crippen LogP) is 3.90. The first-order chi connectivity index (χ1) is 10.2. The van der Waals surface area contributed by atoms with Crippen molar-refractivity contribution in [2.75, 3.05) is 14.2 Å². The van der Waals surface area contributed by atoms with Gasteiger partial charge in [0.1, 0.15) is 5.75 Å². The van der Waals surface area contributed by atoms with Gasteiger partial charge in [0.15, 0.2) is 5.75 Å². The maximum absolute atomic E-state index is 11.2. The van der Waals surface area contributed by atoms with E-state index in [1.807, 2.05) is 24.3 Å². The number of methoxy groups -OCH3 is 2. The van der Waals surface area contributed by atoms with Crippen LogP contribution < -0.4 is 9.47 Å². The molecule has 0 aliphatic heterocycles. The van der Waals surface area contributed by atoms with Gasteiger partial charge in [-0.15, -0.1) is 11.8 Å². The largest absolute Gasteiger partial charge is 0.497 e. The fourth-order valence-electron chi connectivity index (χ4n) is 1.85. The molecule has 0 N–H and O–H groups in total. The third kappa shape index (κ3) is 3.66. The molecule has 5 nitrogen and oxygen atoms in total. The SMILES string of the molecule is COc1ccc(CSc2cccc(OC)c2[N+](=O)[O-])cc1. The molecule has 0 bridgehead atoms. The van der Waals surface area contributed by atoms with Gasteiger partial charge < -0.3 is 9.47 Å². The molecule has 0 aromatic heterocycles. The van der Waals surface area contributed by atoms with Crippen LogP contribution in [0.25, 0.3) is 0 Å². The summed E-state index contributed by atoms with van der Waals surface area (Å²) < 4.78 is 10.2. The number of para-hydroxylation sites is 1. The fourth-order valence-corrected chi connectivity index (χ4v) is 2.85. The van der Waals surface area contributed by atoms with Gasteiger partial charge in [-0.25, -0.2) is 0 Å². The van der Waals surface area contributed by atoms with E-state index in [-0.39, 0.29) is 11.4 Å². The second-order valence-electron chi connectivity index (χ2n) is 4.20. The van der Waals surface area contributed by atoms with Crippen LogP contribution in [0.3, 0.4) is 0 Å². The maximum atomic E-state index is 11.2. The Morgan fingerprint density at radius 3 is 2.38 bits per heavy atom. The monoisotopic (exact) mass is 305 g/mol. The lowest BCUT2D eigenvalue weighted by molar-refractivity contribution is -0.388. The zero-order valence-corrected chi connectivity index (χ0v) is 12.6. The summed E-state index contributed by atoms with van der Waals surface area (Å²) in [5.74, 6) is 1.70. The molecular weight excluding hydrogens is 290 g/mol. The number of nitro benzene ring substituents is 1. The molecule has 6 heteroatoms. The highest BCUT2D eigenvalue weighted by atomic mass is 32.2. The molecule has 0 aliphatic rings. The summed E-state index contributed by atoms with van der Waals surface area (Å²) in [6, 6.07) is 12.7. The minimum Gasteiger partial charge on any atom is -0.497 e. The number of hydrogen-bond acceptors (Lipinski definition) is 5. The van der Waals surface area contributed by atoms with E-state index in [9.17, 15) is 10.1 Å². The molecule has 0 unspecified atom stereocenters. The smallest absolute Gasteiger partial charge is 0.324 e. The van der Waals surface area contributed by atoms with Gasteiger partial charge in [0, 0.05) is 5.75 Å². The molecule has 110 valence electrons. The summed E-state index contributed by atoms with van der Waals surface area (Å²) in [7, 11) is 3.05. The number of thioether (sulfide) groups is 1. The Balaban J connectivity index is 2.17. The summed E-state index contributed by atoms with van der Waals surface area (Å²) in [5, 5.41) is 11.2. The first kappa shape index (κ1) is 15.2. The molecule has 0 aliphatic carbocycles. The molecular formula is C15H15NO4S. The summed E-state index contributed by atoms with van der Waals surface area (Å²) >= 11 is 1.41. The fraction of sp³-hybridized carbons (Fsp3) is 0.200. The minimum absolute atomic E-state index is 0.0125. The van der Waals surface area contributed by atoms with Crippen molar-refractivity contribution in [1.29, 1.82) is 0 Å². The highest BCUT2D eigenvalue weighted by molar-refractivity contribution is 7.98. The molecule has 0 radical (unpaired) electrons. The van der Waals surface area contributed by atoms with Gasteiger partial charge in [0.2, 0.25) is 0 Å². The molecule has 0 saturated carbocycles. The van der Waals surface area contributed by atoms with E-state index in [4.69, 9.17) is 9.47 Å². The van der Waals surface area contributed by atoms with Crippen molar-refractivity contribution >= 4 is 17.4 Å². The third-order valence-electron chi connectivity index (χ3n) is 2.92. The number of nitrogens with zero attached hydrogens (tertiary/aromatic N) is 1. The minimum atomic E-state index is -0.408. The van der Waals surface area contributed by atoms with Crippen LogP contribution in [0.5, 0.6) is 11.5 Å². The molecule has 0 spiro atoms. The number of benzene rings is 2. The van der Waals surface area contributed by atoms with Crippen LogP contribution in [-0.4, -0.2) is 19.1 Å². The van der Waals surface area contributed by atoms with Crippen LogP contribution in [0.15, 0.2) is 47.4 Å². The van der Waals surface area contributed by atoms with Crippen LogP contribution in [0.1, 0.15) is 5.56 Å². The average molecular weight is 305 g/mol. The topological polar surface area (TPSA) is 61.6 Å². The maximum Gasteiger partial charge on any atom is 0.324 e. The molecule has 2 rings (SSSR count). The van der Waals surface area contributed by atoms with Crippen molar-refractivity contribution in [2.45, 2.75) is 10.6 Å². The highest BCUT2D eigenvalue weighted by Gasteiger charge is 2.20. The first-order valence-electron chi connectivity index (χ1n) is 6.23. The summed E-state index contributed by atoms with van der Waals surface area (Å²) in [6.07, 6.45) is 0. The summed E-state index contributed by atoms with van der Waals surface area (Å²) in [4.78, 5) is 11.4. The van der Waals surface area contributed by atoms with Crippen molar-refractivity contribution in [1.82, 2.24) is 0 Å². The Hall–Kier alpha value is -2.21. The lowest BCUT2D eigenvalue weighted by Crippen LogP contribution is -1.96. The summed E-state index contributed by atoms with van der Waals surface area (Å²) in [5.41, 5.74) is 1.08. The quantitative estimate of drug-likeness (QED) is 0.460. The Bertz CT molecular complexity index is 628. The van der Waals surface area contributed by atoms with Crippen molar-refractivity contribution in [3.05, 3.63) is 58.1 Å². The normalized spacial score (nSPS) is 10.2. The zero-order valence-electron chi connectivity index (χ0n) is 11.7. The standard InChI is InChI=1S/C15H15NO4S/c1-19-12-8-6-11(7-9-12)10-21-14-5-3-4-13(20-2)15(14)16(17)18/h3-9H,10H2,1-2H3. The Labute approximate surface area is 127 Å². The summed E-state index contributed by atoms with van der Waals surface area (Å²) in [6.45, 7) is 0. The van der Waals surface area contributed by atoms with E-state index in [2.05, 4.69) is 0 Å². The highest BCUT2D eigenvalue weighted by Crippen LogP contribution is 2.38. The Kier molecular flexibility index (Phi) is 5.05. The van der Waals surface area contributed by atoms with Gasteiger partial charge in [0.25, 0.3) is 0 Å². The molecule has 0 atom stereocenters. The average Bonchev–Trinajstić information content (AvgIpc) is 2.52. The van der Waals surface area contributed by atoms with E-state index < -0.39 is 4.92 Å². The first-order valence-corrected chi connectivity index (χ1v) is 7.21. The van der Waals surface area contributed by atoms with E-state index in [1.54, 1.807) is 25.3 Å². The second-order valence-corrected chi connectivity index (χ2v) is 5.22. The number of rotatable bonds is 6. The van der Waals surface area contributed by atoms with Gasteiger partial charge in [-0.05, 0) is 29.8 Å². The predicted molar refractivity (Wildman–Crippen MR) is 82.2 cm³/mol. The number of hydrogen-bond donors (Lipinski definition) is 0. The van der Waals surface area contributed by atoms with E-state index >= 15 is 0 Å². The van der Waals surface area contributed by atoms with Crippen LogP contribution in [0.2, 0.25) is 0 Å². The van der Waals surface area contributed by atoms with Crippen molar-refractivity contribution in [3.8, 4) is 11.5 Å². The molecule has 0 heterocycles. The Morgan fingerprint density at radius 1 is 1.10 bits per heavy atom. The molecule has 2 aromatic carbocycles. The second kappa shape index (κ2) is 6.99. The number of ether oxygens (including phenoxy) is 2. The van der Waals surface area contributed by atoms with Gasteiger partial charge in [0.05, 0.1) is 24.0 Å². The van der Waals surface area contributed by atoms with Gasteiger partial charge >= 0.3 is 5.69 Å². The van der Waals surface area contributed by atoms with E-state index in [0.717, 1.165) is 11.3 Å². The van der Waals surface area contributed by atoms with Crippen molar-refractivity contribution < 1.29 is 14.4 Å². The van der Waals surface area contributed by atoms with E-state index in [0.29, 0.717) is 10.6 Å². The van der Waals surface area contributed by atoms with Gasteiger partial charge in [-0.1, -0.05) is 18.2 Å². The van der Waals surface area contributed by atoms with Crippen LogP contribution in [0, 0.1) is 10.1 Å². The van der Waals surface area contributed by atoms with Gasteiger partial charge in [-0.2, -0.15) is 0 Å². The van der Waals surface area contributed by atoms with Gasteiger partial charge in [-0.3, -0.25) is 10.1 Å². The zero-order chi connectivity index (χ0) is 15.2. The number of nitro groups is 1. The molecule has 2 aromatic rings. The molecule has 0 saturated heterocycles. The molecule has 0 amide bonds. The van der Waals surface area contributed by atoms with Crippen molar-refractivity contribution in [3.63, 3.8) is 0 Å². The van der Waals surface area contributed by atoms with Crippen LogP contribution in [0.4, 0.5) is 5.69 Å². The van der Waals surface area contributed by atoms with Crippen LogP contribution >= 0.6 is 11.8 Å².